The van der Waals surface area contributed by atoms with Gasteiger partial charge in [-0.3, -0.25) is 9.59 Å². The molecule has 0 radical (unpaired) electrons. The second kappa shape index (κ2) is 6.19. The van der Waals surface area contributed by atoms with Crippen molar-refractivity contribution < 1.29 is 14.3 Å². The number of ether oxygens (including phenoxy) is 1. The molecule has 0 bridgehead atoms. The number of rotatable bonds is 5. The number of carbonyl (C=O) groups is 2. The lowest BCUT2D eigenvalue weighted by Crippen LogP contribution is -2.11. The molecule has 0 aliphatic carbocycles. The molecule has 0 fully saturated rings. The molecular weight excluding hydrogens is 230 g/mol. The molecule has 4 heteroatoms. The van der Waals surface area contributed by atoms with E-state index in [1.165, 1.54) is 13.8 Å². The van der Waals surface area contributed by atoms with E-state index in [-0.39, 0.29) is 11.7 Å². The molecule has 1 aromatic carbocycles. The van der Waals surface area contributed by atoms with E-state index in [0.717, 1.165) is 0 Å². The lowest BCUT2D eigenvalue weighted by atomic mass is 10.1. The fourth-order valence-corrected chi connectivity index (χ4v) is 1.42. The molecule has 0 unspecified atom stereocenters. The molecular formula is C14H19NO3. The van der Waals surface area contributed by atoms with Crippen LogP contribution >= 0.6 is 0 Å². The fourth-order valence-electron chi connectivity index (χ4n) is 1.42. The van der Waals surface area contributed by atoms with Gasteiger partial charge in [0.05, 0.1) is 12.3 Å². The summed E-state index contributed by atoms with van der Waals surface area (Å²) in [5.74, 6) is 0.744. The smallest absolute Gasteiger partial charge is 0.221 e. The third-order valence-electron chi connectivity index (χ3n) is 2.27. The zero-order chi connectivity index (χ0) is 13.7. The highest BCUT2D eigenvalue weighted by Gasteiger charge is 2.09. The van der Waals surface area contributed by atoms with Crippen molar-refractivity contribution in [2.75, 3.05) is 11.9 Å². The van der Waals surface area contributed by atoms with Crippen molar-refractivity contribution >= 4 is 17.4 Å². The number of amides is 1. The zero-order valence-electron chi connectivity index (χ0n) is 11.2. The van der Waals surface area contributed by atoms with Gasteiger partial charge in [0.2, 0.25) is 5.91 Å². The van der Waals surface area contributed by atoms with Gasteiger partial charge in [0.1, 0.15) is 5.75 Å². The molecule has 0 saturated carbocycles. The van der Waals surface area contributed by atoms with E-state index < -0.39 is 0 Å². The van der Waals surface area contributed by atoms with Crippen LogP contribution in [0.15, 0.2) is 18.2 Å². The first kappa shape index (κ1) is 14.2. The van der Waals surface area contributed by atoms with Gasteiger partial charge in [0.25, 0.3) is 0 Å². The van der Waals surface area contributed by atoms with Crippen molar-refractivity contribution in [2.24, 2.45) is 5.92 Å². The molecule has 98 valence electrons. The predicted octanol–water partition coefficient (Wildman–Crippen LogP) is 2.88. The zero-order valence-corrected chi connectivity index (χ0v) is 11.2. The van der Waals surface area contributed by atoms with Crippen molar-refractivity contribution in [2.45, 2.75) is 27.7 Å². The monoisotopic (exact) mass is 249 g/mol. The highest BCUT2D eigenvalue weighted by atomic mass is 16.5. The summed E-state index contributed by atoms with van der Waals surface area (Å²) in [7, 11) is 0. The van der Waals surface area contributed by atoms with Gasteiger partial charge >= 0.3 is 0 Å². The van der Waals surface area contributed by atoms with Crippen molar-refractivity contribution in [3.8, 4) is 5.75 Å². The molecule has 0 aromatic heterocycles. The number of hydrogen-bond acceptors (Lipinski definition) is 3. The van der Waals surface area contributed by atoms with E-state index in [0.29, 0.717) is 29.5 Å². The quantitative estimate of drug-likeness (QED) is 0.816. The second-order valence-electron chi connectivity index (χ2n) is 4.65. The SMILES string of the molecule is CC(=O)Nc1cc(C(C)=O)ccc1OCC(C)C. The van der Waals surface area contributed by atoms with Crippen LogP contribution < -0.4 is 10.1 Å². The Bertz CT molecular complexity index is 452. The lowest BCUT2D eigenvalue weighted by Gasteiger charge is -2.14. The Morgan fingerprint density at radius 1 is 1.28 bits per heavy atom. The van der Waals surface area contributed by atoms with Crippen molar-refractivity contribution in [1.29, 1.82) is 0 Å². The summed E-state index contributed by atoms with van der Waals surface area (Å²) in [4.78, 5) is 22.4. The Morgan fingerprint density at radius 2 is 1.94 bits per heavy atom. The third-order valence-corrected chi connectivity index (χ3v) is 2.27. The van der Waals surface area contributed by atoms with Crippen LogP contribution in [-0.2, 0) is 4.79 Å². The first-order valence-corrected chi connectivity index (χ1v) is 5.95. The molecule has 0 saturated heterocycles. The maximum atomic E-state index is 11.3. The number of anilines is 1. The molecule has 1 amide bonds. The fraction of sp³-hybridized carbons (Fsp3) is 0.429. The lowest BCUT2D eigenvalue weighted by molar-refractivity contribution is -0.114. The molecule has 0 spiro atoms. The average Bonchev–Trinajstić information content (AvgIpc) is 2.26. The van der Waals surface area contributed by atoms with Crippen molar-refractivity contribution in [3.63, 3.8) is 0 Å². The highest BCUT2D eigenvalue weighted by molar-refractivity contribution is 5.97. The number of ketones is 1. The first-order chi connectivity index (χ1) is 8.40. The van der Waals surface area contributed by atoms with Gasteiger partial charge in [-0.25, -0.2) is 0 Å². The average molecular weight is 249 g/mol. The Kier molecular flexibility index (Phi) is 4.89. The van der Waals surface area contributed by atoms with E-state index >= 15 is 0 Å². The van der Waals surface area contributed by atoms with E-state index in [9.17, 15) is 9.59 Å². The normalized spacial score (nSPS) is 10.3. The van der Waals surface area contributed by atoms with Crippen LogP contribution in [0.5, 0.6) is 5.75 Å². The maximum Gasteiger partial charge on any atom is 0.221 e. The molecule has 1 aromatic rings. The van der Waals surface area contributed by atoms with Gasteiger partial charge in [-0.15, -0.1) is 0 Å². The van der Waals surface area contributed by atoms with Crippen LogP contribution in [0.3, 0.4) is 0 Å². The van der Waals surface area contributed by atoms with E-state index in [1.54, 1.807) is 18.2 Å². The molecule has 0 aliphatic rings. The second-order valence-corrected chi connectivity index (χ2v) is 4.65. The van der Waals surface area contributed by atoms with E-state index in [2.05, 4.69) is 5.32 Å². The Labute approximate surface area is 107 Å². The summed E-state index contributed by atoms with van der Waals surface area (Å²) in [5, 5.41) is 2.68. The third kappa shape index (κ3) is 4.20. The van der Waals surface area contributed by atoms with Gasteiger partial charge in [-0.1, -0.05) is 13.8 Å². The standard InChI is InChI=1S/C14H19NO3/c1-9(2)8-18-14-6-5-12(10(3)16)7-13(14)15-11(4)17/h5-7,9H,8H2,1-4H3,(H,15,17). The Morgan fingerprint density at radius 3 is 2.44 bits per heavy atom. The van der Waals surface area contributed by atoms with E-state index in [1.807, 2.05) is 13.8 Å². The van der Waals surface area contributed by atoms with Crippen LogP contribution in [0.1, 0.15) is 38.1 Å². The minimum Gasteiger partial charge on any atom is -0.491 e. The van der Waals surface area contributed by atoms with Gasteiger partial charge in [-0.05, 0) is 31.0 Å². The van der Waals surface area contributed by atoms with Crippen molar-refractivity contribution in [3.05, 3.63) is 23.8 Å². The largest absolute Gasteiger partial charge is 0.491 e. The van der Waals surface area contributed by atoms with Crippen LogP contribution in [0.4, 0.5) is 5.69 Å². The summed E-state index contributed by atoms with van der Waals surface area (Å²) in [6.07, 6.45) is 0. The molecule has 18 heavy (non-hydrogen) atoms. The molecule has 1 N–H and O–H groups in total. The van der Waals surface area contributed by atoms with Gasteiger partial charge in [-0.2, -0.15) is 0 Å². The van der Waals surface area contributed by atoms with Crippen LogP contribution in [0, 0.1) is 5.92 Å². The highest BCUT2D eigenvalue weighted by Crippen LogP contribution is 2.26. The summed E-state index contributed by atoms with van der Waals surface area (Å²) < 4.78 is 5.61. The topological polar surface area (TPSA) is 55.4 Å². The maximum absolute atomic E-state index is 11.3. The van der Waals surface area contributed by atoms with Gasteiger partial charge in [0.15, 0.2) is 5.78 Å². The molecule has 4 nitrogen and oxygen atoms in total. The van der Waals surface area contributed by atoms with Crippen LogP contribution in [0.2, 0.25) is 0 Å². The van der Waals surface area contributed by atoms with Crippen LogP contribution in [0.25, 0.3) is 0 Å². The molecule has 0 aliphatic heterocycles. The summed E-state index contributed by atoms with van der Waals surface area (Å²) in [6, 6.07) is 5.05. The summed E-state index contributed by atoms with van der Waals surface area (Å²) in [6.45, 7) is 7.56. The molecule has 0 atom stereocenters. The number of nitrogens with one attached hydrogen (secondary N) is 1. The molecule has 1 rings (SSSR count). The van der Waals surface area contributed by atoms with Gasteiger partial charge < -0.3 is 10.1 Å². The predicted molar refractivity (Wildman–Crippen MR) is 71.1 cm³/mol. The number of Topliss-reactive ketones (excluding diaryl/α,β-unsaturated/α-hetero) is 1. The van der Waals surface area contributed by atoms with Crippen molar-refractivity contribution in [1.82, 2.24) is 0 Å². The Balaban J connectivity index is 3.00. The minimum atomic E-state index is -0.190. The summed E-state index contributed by atoms with van der Waals surface area (Å²) >= 11 is 0. The van der Waals surface area contributed by atoms with E-state index in [4.69, 9.17) is 4.74 Å². The summed E-state index contributed by atoms with van der Waals surface area (Å²) in [5.41, 5.74) is 1.09. The first-order valence-electron chi connectivity index (χ1n) is 5.95. The molecule has 0 heterocycles. The number of benzene rings is 1. The number of carbonyl (C=O) groups excluding carboxylic acids is 2. The van der Waals surface area contributed by atoms with Gasteiger partial charge in [0, 0.05) is 12.5 Å². The minimum absolute atomic E-state index is 0.0444. The number of hydrogen-bond donors (Lipinski definition) is 1. The Hall–Kier alpha value is -1.84. The van der Waals surface area contributed by atoms with Crippen LogP contribution in [-0.4, -0.2) is 18.3 Å².